The molecule has 0 rings (SSSR count). The summed E-state index contributed by atoms with van der Waals surface area (Å²) in [4.78, 5) is 24.6. The van der Waals surface area contributed by atoms with Crippen molar-refractivity contribution in [2.45, 2.75) is 411 Å². The van der Waals surface area contributed by atoms with Crippen LogP contribution < -0.4 is 5.32 Å². The van der Waals surface area contributed by atoms with Crippen molar-refractivity contribution in [3.05, 3.63) is 36.5 Å². The second-order valence-corrected chi connectivity index (χ2v) is 24.9. The van der Waals surface area contributed by atoms with Gasteiger partial charge in [0.1, 0.15) is 0 Å². The molecule has 80 heavy (non-hydrogen) atoms. The maximum absolute atomic E-state index is 12.5. The molecule has 0 aliphatic heterocycles. The molecule has 0 radical (unpaired) electrons. The van der Waals surface area contributed by atoms with Crippen LogP contribution in [0.15, 0.2) is 36.5 Å². The van der Waals surface area contributed by atoms with E-state index in [2.05, 4.69) is 55.6 Å². The van der Waals surface area contributed by atoms with E-state index in [9.17, 15) is 19.8 Å². The van der Waals surface area contributed by atoms with Crippen LogP contribution in [0.5, 0.6) is 0 Å². The lowest BCUT2D eigenvalue weighted by atomic mass is 10.0. The van der Waals surface area contributed by atoms with E-state index in [0.717, 1.165) is 51.4 Å². The summed E-state index contributed by atoms with van der Waals surface area (Å²) >= 11 is 0. The number of amides is 1. The van der Waals surface area contributed by atoms with E-state index in [4.69, 9.17) is 4.74 Å². The van der Waals surface area contributed by atoms with Gasteiger partial charge in [-0.1, -0.05) is 339 Å². The Morgan fingerprint density at radius 1 is 0.350 bits per heavy atom. The highest BCUT2D eigenvalue weighted by molar-refractivity contribution is 5.76. The Morgan fingerprint density at radius 3 is 0.963 bits per heavy atom. The van der Waals surface area contributed by atoms with Crippen LogP contribution in [0.1, 0.15) is 399 Å². The SMILES string of the molecule is CCCCCCCC/C=C\CCCCCCCCCC(=O)OCCCCCCCCCCCCC/C=C\C/C=C\CCCCCCCCCCCCCCCCCCCC(=O)NC(CO)C(O)CCCCCCCCCCCCC. The Balaban J connectivity index is 3.34. The van der Waals surface area contributed by atoms with Gasteiger partial charge in [-0.3, -0.25) is 9.59 Å². The fourth-order valence-electron chi connectivity index (χ4n) is 11.4. The van der Waals surface area contributed by atoms with Gasteiger partial charge >= 0.3 is 5.97 Å². The van der Waals surface area contributed by atoms with Crippen molar-refractivity contribution in [1.29, 1.82) is 0 Å². The summed E-state index contributed by atoms with van der Waals surface area (Å²) in [5.74, 6) is -0.0182. The molecule has 3 N–H and O–H groups in total. The zero-order valence-corrected chi connectivity index (χ0v) is 54.1. The molecule has 0 bridgehead atoms. The molecule has 6 nitrogen and oxygen atoms in total. The third-order valence-electron chi connectivity index (χ3n) is 16.9. The van der Waals surface area contributed by atoms with Gasteiger partial charge in [0.15, 0.2) is 0 Å². The molecule has 0 aliphatic rings. The van der Waals surface area contributed by atoms with E-state index in [1.165, 1.54) is 315 Å². The van der Waals surface area contributed by atoms with Crippen molar-refractivity contribution in [1.82, 2.24) is 5.32 Å². The quantitative estimate of drug-likeness (QED) is 0.0320. The van der Waals surface area contributed by atoms with Crippen molar-refractivity contribution in [2.75, 3.05) is 13.2 Å². The fourth-order valence-corrected chi connectivity index (χ4v) is 11.4. The van der Waals surface area contributed by atoms with Crippen LogP contribution in [0, 0.1) is 0 Å². The lowest BCUT2D eigenvalue weighted by Crippen LogP contribution is -2.45. The summed E-state index contributed by atoms with van der Waals surface area (Å²) in [5, 5.41) is 23.2. The average Bonchev–Trinajstić information content (AvgIpc) is 3.46. The number of hydrogen-bond donors (Lipinski definition) is 3. The lowest BCUT2D eigenvalue weighted by molar-refractivity contribution is -0.143. The maximum Gasteiger partial charge on any atom is 0.305 e. The Hall–Kier alpha value is -1.92. The smallest absolute Gasteiger partial charge is 0.305 e. The molecule has 0 aliphatic carbocycles. The molecule has 0 spiro atoms. The highest BCUT2D eigenvalue weighted by atomic mass is 16.5. The van der Waals surface area contributed by atoms with Gasteiger partial charge in [0, 0.05) is 12.8 Å². The van der Waals surface area contributed by atoms with Crippen molar-refractivity contribution in [3.8, 4) is 0 Å². The Morgan fingerprint density at radius 2 is 0.625 bits per heavy atom. The Labute approximate surface area is 500 Å². The summed E-state index contributed by atoms with van der Waals surface area (Å²) in [6.07, 6.45) is 89.3. The number of aliphatic hydroxyl groups is 2. The summed E-state index contributed by atoms with van der Waals surface area (Å²) < 4.78 is 5.50. The summed E-state index contributed by atoms with van der Waals surface area (Å²) in [6, 6.07) is -0.538. The van der Waals surface area contributed by atoms with Gasteiger partial charge < -0.3 is 20.3 Å². The summed E-state index contributed by atoms with van der Waals surface area (Å²) in [7, 11) is 0. The molecular formula is C74H141NO5. The van der Waals surface area contributed by atoms with E-state index in [0.29, 0.717) is 25.9 Å². The maximum atomic E-state index is 12.5. The number of esters is 1. The molecule has 0 saturated heterocycles. The molecule has 0 heterocycles. The van der Waals surface area contributed by atoms with Gasteiger partial charge in [-0.15, -0.1) is 0 Å². The largest absolute Gasteiger partial charge is 0.466 e. The van der Waals surface area contributed by atoms with Gasteiger partial charge in [-0.05, 0) is 83.5 Å². The average molecular weight is 1120 g/mol. The minimum atomic E-state index is -0.661. The fraction of sp³-hybridized carbons (Fsp3) is 0.892. The topological polar surface area (TPSA) is 95.9 Å². The van der Waals surface area contributed by atoms with Gasteiger partial charge in [0.25, 0.3) is 0 Å². The number of aliphatic hydroxyl groups excluding tert-OH is 2. The number of ether oxygens (including phenoxy) is 1. The van der Waals surface area contributed by atoms with Crippen LogP contribution in [0.25, 0.3) is 0 Å². The number of nitrogens with one attached hydrogen (secondary N) is 1. The normalized spacial score (nSPS) is 12.7. The molecular weight excluding hydrogens is 983 g/mol. The van der Waals surface area contributed by atoms with Crippen LogP contribution in [0.2, 0.25) is 0 Å². The van der Waals surface area contributed by atoms with Crippen molar-refractivity contribution < 1.29 is 24.5 Å². The molecule has 2 atom stereocenters. The molecule has 1 amide bonds. The number of allylic oxidation sites excluding steroid dienone is 6. The first-order valence-corrected chi connectivity index (χ1v) is 36.2. The van der Waals surface area contributed by atoms with Gasteiger partial charge in [-0.2, -0.15) is 0 Å². The molecule has 0 saturated carbocycles. The third kappa shape index (κ3) is 65.2. The minimum Gasteiger partial charge on any atom is -0.466 e. The van der Waals surface area contributed by atoms with E-state index < -0.39 is 12.1 Å². The number of carbonyl (C=O) groups excluding carboxylic acids is 2. The number of rotatable bonds is 68. The molecule has 0 fully saturated rings. The van der Waals surface area contributed by atoms with Crippen LogP contribution in [0.3, 0.4) is 0 Å². The number of hydrogen-bond acceptors (Lipinski definition) is 5. The van der Waals surface area contributed by atoms with E-state index in [-0.39, 0.29) is 18.5 Å². The highest BCUT2D eigenvalue weighted by Crippen LogP contribution is 2.19. The van der Waals surface area contributed by atoms with Crippen molar-refractivity contribution in [2.24, 2.45) is 0 Å². The molecule has 2 unspecified atom stereocenters. The zero-order valence-electron chi connectivity index (χ0n) is 54.1. The van der Waals surface area contributed by atoms with Gasteiger partial charge in [-0.25, -0.2) is 0 Å². The van der Waals surface area contributed by atoms with Crippen LogP contribution in [-0.2, 0) is 14.3 Å². The minimum absolute atomic E-state index is 0.0138. The van der Waals surface area contributed by atoms with Crippen LogP contribution in [-0.4, -0.2) is 47.4 Å². The molecule has 6 heteroatoms. The highest BCUT2D eigenvalue weighted by Gasteiger charge is 2.20. The molecule has 0 aromatic heterocycles. The molecule has 0 aromatic carbocycles. The summed E-state index contributed by atoms with van der Waals surface area (Å²) in [6.45, 7) is 4.96. The van der Waals surface area contributed by atoms with Crippen molar-refractivity contribution in [3.63, 3.8) is 0 Å². The second-order valence-electron chi connectivity index (χ2n) is 24.9. The predicted molar refractivity (Wildman–Crippen MR) is 352 cm³/mol. The van der Waals surface area contributed by atoms with Gasteiger partial charge in [0.2, 0.25) is 5.91 Å². The Bertz CT molecular complexity index is 1300. The molecule has 472 valence electrons. The first-order chi connectivity index (χ1) is 39.5. The van der Waals surface area contributed by atoms with Crippen LogP contribution >= 0.6 is 0 Å². The van der Waals surface area contributed by atoms with E-state index in [1.54, 1.807) is 0 Å². The summed E-state index contributed by atoms with van der Waals surface area (Å²) in [5.41, 5.74) is 0. The van der Waals surface area contributed by atoms with Crippen molar-refractivity contribution >= 4 is 11.9 Å². The zero-order chi connectivity index (χ0) is 57.8. The monoisotopic (exact) mass is 1120 g/mol. The number of carbonyl (C=O) groups is 2. The lowest BCUT2D eigenvalue weighted by Gasteiger charge is -2.22. The van der Waals surface area contributed by atoms with Crippen LogP contribution in [0.4, 0.5) is 0 Å². The first kappa shape index (κ1) is 78.1. The number of unbranched alkanes of at least 4 members (excludes halogenated alkanes) is 51. The predicted octanol–water partition coefficient (Wildman–Crippen LogP) is 23.5. The van der Waals surface area contributed by atoms with E-state index >= 15 is 0 Å². The third-order valence-corrected chi connectivity index (χ3v) is 16.9. The van der Waals surface area contributed by atoms with E-state index in [1.807, 2.05) is 0 Å². The Kier molecular flexibility index (Phi) is 67.9. The first-order valence-electron chi connectivity index (χ1n) is 36.2. The van der Waals surface area contributed by atoms with Gasteiger partial charge in [0.05, 0.1) is 25.4 Å². The molecule has 0 aromatic rings. The standard InChI is InChI=1S/C74H141NO5/c1-3-5-7-9-11-13-15-16-17-37-41-44-48-52-56-60-64-68-74(79)80-69-65-61-57-53-49-45-42-39-36-34-32-30-28-26-24-22-20-18-19-21-23-25-27-29-31-33-35-38-40-43-47-51-55-59-63-67-73(78)75-71(70-76)72(77)66-62-58-54-50-46-14-12-10-8-6-4-2/h16-17,20,22,26,28,71-72,76-77H,3-15,18-19,21,23-25,27,29-70H2,1-2H3,(H,75,78)/b17-16-,22-20-,28-26-. The second kappa shape index (κ2) is 69.6.